The van der Waals surface area contributed by atoms with Crippen LogP contribution in [0.1, 0.15) is 41.4 Å². The molecule has 0 amide bonds. The van der Waals surface area contributed by atoms with E-state index < -0.39 is 53.3 Å². The molecule has 0 aliphatic carbocycles. The van der Waals surface area contributed by atoms with E-state index in [0.717, 1.165) is 0 Å². The smallest absolute Gasteiger partial charge is 0.338 e. The first-order valence-electron chi connectivity index (χ1n) is 13.7. The molecule has 9 nitrogen and oxygen atoms in total. The third-order valence-corrected chi connectivity index (χ3v) is 7.46. The summed E-state index contributed by atoms with van der Waals surface area (Å²) in [5, 5.41) is -1.05. The highest BCUT2D eigenvalue weighted by Gasteiger charge is 2.52. The molecule has 44 heavy (non-hydrogen) atoms. The van der Waals surface area contributed by atoms with Gasteiger partial charge in [0.1, 0.15) is 12.7 Å². The maximum absolute atomic E-state index is 13.3. The molecule has 5 atom stereocenters. The molecule has 1 fully saturated rings. The number of hydrogen-bond donors (Lipinski definition) is 0. The molecule has 1 heterocycles. The number of alkyl halides is 1. The van der Waals surface area contributed by atoms with E-state index in [2.05, 4.69) is 15.9 Å². The quantitative estimate of drug-likeness (QED) is 0.128. The molecular weight excluding hydrogens is 632 g/mol. The van der Waals surface area contributed by atoms with E-state index >= 15 is 0 Å². The van der Waals surface area contributed by atoms with Crippen molar-refractivity contribution in [1.29, 1.82) is 0 Å². The minimum Gasteiger partial charge on any atom is -0.459 e. The summed E-state index contributed by atoms with van der Waals surface area (Å²) in [4.78, 5) is 52.6. The normalized spacial score (nSPS) is 21.0. The van der Waals surface area contributed by atoms with Gasteiger partial charge in [-0.25, -0.2) is 19.2 Å². The Morgan fingerprint density at radius 3 is 1.25 bits per heavy atom. The van der Waals surface area contributed by atoms with Gasteiger partial charge >= 0.3 is 23.9 Å². The van der Waals surface area contributed by atoms with Gasteiger partial charge in [0.25, 0.3) is 0 Å². The van der Waals surface area contributed by atoms with Gasteiger partial charge in [0.15, 0.2) is 23.3 Å². The molecule has 0 aromatic heterocycles. The van der Waals surface area contributed by atoms with Gasteiger partial charge in [-0.05, 0) is 48.5 Å². The first-order chi connectivity index (χ1) is 21.4. The summed E-state index contributed by atoms with van der Waals surface area (Å²) in [5.74, 6) is -2.85. The molecule has 1 saturated heterocycles. The second-order valence-electron chi connectivity index (χ2n) is 9.70. The molecule has 4 aromatic carbocycles. The molecule has 2 unspecified atom stereocenters. The van der Waals surface area contributed by atoms with Crippen LogP contribution in [-0.2, 0) is 23.7 Å². The van der Waals surface area contributed by atoms with E-state index in [0.29, 0.717) is 5.56 Å². The SMILES string of the molecule is O=C(OCC1O[C@H](Br)C(OC(=O)c2ccccc2)[C@@H](OC(=O)c2ccccc2)[C@@H]1OC(=O)c1ccccc1)c1ccccc1. The first-order valence-corrected chi connectivity index (χ1v) is 14.6. The summed E-state index contributed by atoms with van der Waals surface area (Å²) in [6.07, 6.45) is -5.13. The van der Waals surface area contributed by atoms with Gasteiger partial charge in [-0.2, -0.15) is 0 Å². The average molecular weight is 659 g/mol. The number of ether oxygens (including phenoxy) is 5. The predicted octanol–water partition coefficient (Wildman–Crippen LogP) is 5.64. The van der Waals surface area contributed by atoms with E-state index in [4.69, 9.17) is 23.7 Å². The maximum atomic E-state index is 13.3. The predicted molar refractivity (Wildman–Crippen MR) is 161 cm³/mol. The topological polar surface area (TPSA) is 114 Å². The molecule has 0 saturated carbocycles. The Morgan fingerprint density at radius 1 is 0.500 bits per heavy atom. The maximum Gasteiger partial charge on any atom is 0.338 e. The van der Waals surface area contributed by atoms with Crippen molar-refractivity contribution in [2.75, 3.05) is 6.61 Å². The number of benzene rings is 4. The van der Waals surface area contributed by atoms with Gasteiger partial charge in [-0.3, -0.25) is 0 Å². The summed E-state index contributed by atoms with van der Waals surface area (Å²) < 4.78 is 29.3. The second kappa shape index (κ2) is 14.6. The van der Waals surface area contributed by atoms with Crippen LogP contribution < -0.4 is 0 Å². The Morgan fingerprint density at radius 2 is 0.841 bits per heavy atom. The van der Waals surface area contributed by atoms with Crippen LogP contribution in [0.25, 0.3) is 0 Å². The average Bonchev–Trinajstić information content (AvgIpc) is 3.07. The molecule has 1 aliphatic heterocycles. The van der Waals surface area contributed by atoms with Crippen LogP contribution in [0.5, 0.6) is 0 Å². The van der Waals surface area contributed by atoms with Gasteiger partial charge < -0.3 is 23.7 Å². The van der Waals surface area contributed by atoms with E-state index in [1.165, 1.54) is 0 Å². The zero-order valence-corrected chi connectivity index (χ0v) is 24.8. The highest BCUT2D eigenvalue weighted by Crippen LogP contribution is 2.33. The lowest BCUT2D eigenvalue weighted by Gasteiger charge is -2.43. The Balaban J connectivity index is 1.48. The van der Waals surface area contributed by atoms with Gasteiger partial charge in [0, 0.05) is 0 Å². The lowest BCUT2D eigenvalue weighted by molar-refractivity contribution is -0.205. The molecule has 5 rings (SSSR count). The van der Waals surface area contributed by atoms with Crippen LogP contribution >= 0.6 is 15.9 Å². The van der Waals surface area contributed by atoms with Gasteiger partial charge in [-0.1, -0.05) is 88.7 Å². The van der Waals surface area contributed by atoms with Gasteiger partial charge in [-0.15, -0.1) is 0 Å². The highest BCUT2D eigenvalue weighted by atomic mass is 79.9. The molecule has 4 aromatic rings. The number of carbonyl (C=O) groups is 4. The fourth-order valence-electron chi connectivity index (χ4n) is 4.51. The van der Waals surface area contributed by atoms with Crippen molar-refractivity contribution in [3.63, 3.8) is 0 Å². The van der Waals surface area contributed by atoms with Crippen LogP contribution in [0.4, 0.5) is 0 Å². The van der Waals surface area contributed by atoms with Crippen molar-refractivity contribution < 1.29 is 42.9 Å². The molecule has 0 radical (unpaired) electrons. The number of hydrogen-bond acceptors (Lipinski definition) is 9. The molecule has 1 aliphatic rings. The van der Waals surface area contributed by atoms with E-state index in [1.807, 2.05) is 0 Å². The Hall–Kier alpha value is -4.80. The number of rotatable bonds is 9. The summed E-state index contributed by atoms with van der Waals surface area (Å²) in [7, 11) is 0. The van der Waals surface area contributed by atoms with E-state index in [1.54, 1.807) is 121 Å². The summed E-state index contributed by atoms with van der Waals surface area (Å²) >= 11 is 3.40. The van der Waals surface area contributed by atoms with E-state index in [9.17, 15) is 19.2 Å². The second-order valence-corrected chi connectivity index (χ2v) is 10.6. The van der Waals surface area contributed by atoms with Crippen molar-refractivity contribution in [1.82, 2.24) is 0 Å². The van der Waals surface area contributed by atoms with Crippen molar-refractivity contribution in [3.8, 4) is 0 Å². The molecule has 224 valence electrons. The minimum absolute atomic E-state index is 0.221. The molecule has 0 N–H and O–H groups in total. The molecule has 0 bridgehead atoms. The van der Waals surface area contributed by atoms with Crippen LogP contribution in [0.15, 0.2) is 121 Å². The van der Waals surface area contributed by atoms with Gasteiger partial charge in [0.2, 0.25) is 0 Å². The lowest BCUT2D eigenvalue weighted by Crippen LogP contribution is -2.61. The van der Waals surface area contributed by atoms with Crippen molar-refractivity contribution >= 4 is 39.8 Å². The number of halogens is 1. The summed E-state index contributed by atoms with van der Waals surface area (Å²) in [5.41, 5.74) is 0.994. The fraction of sp³-hybridized carbons (Fsp3) is 0.176. The van der Waals surface area contributed by atoms with Crippen molar-refractivity contribution in [2.45, 2.75) is 29.4 Å². The van der Waals surface area contributed by atoms with Crippen LogP contribution in [0.3, 0.4) is 0 Å². The fourth-order valence-corrected chi connectivity index (χ4v) is 5.20. The Labute approximate surface area is 261 Å². The molecule has 10 heteroatoms. The van der Waals surface area contributed by atoms with Crippen molar-refractivity contribution in [3.05, 3.63) is 144 Å². The third-order valence-electron chi connectivity index (χ3n) is 6.72. The Kier molecular flexibility index (Phi) is 10.2. The first kappa shape index (κ1) is 30.7. The number of carbonyl (C=O) groups excluding carboxylic acids is 4. The standard InChI is InChI=1S/C34H27BrO9/c35-30-29(44-34(39)25-19-11-4-12-20-25)28(43-33(38)24-17-9-3-10-18-24)27(42-32(37)23-15-7-2-8-16-23)26(41-30)21-40-31(36)22-13-5-1-6-14-22/h1-20,26-30H,21H2/t26?,27-,28+,29?,30+/m1/s1. The number of esters is 4. The third kappa shape index (κ3) is 7.58. The zero-order valence-electron chi connectivity index (χ0n) is 23.2. The summed E-state index contributed by atoms with van der Waals surface area (Å²) in [6.45, 7) is -0.374. The lowest BCUT2D eigenvalue weighted by atomic mass is 9.99. The molecule has 0 spiro atoms. The highest BCUT2D eigenvalue weighted by molar-refractivity contribution is 9.09. The molecular formula is C34H27BrO9. The van der Waals surface area contributed by atoms with Crippen LogP contribution in [-0.4, -0.2) is 59.9 Å². The van der Waals surface area contributed by atoms with Gasteiger partial charge in [0.05, 0.1) is 22.3 Å². The van der Waals surface area contributed by atoms with Crippen LogP contribution in [0, 0.1) is 0 Å². The minimum atomic E-state index is -1.37. The van der Waals surface area contributed by atoms with Crippen molar-refractivity contribution in [2.24, 2.45) is 0 Å². The Bertz CT molecular complexity index is 1570. The largest absolute Gasteiger partial charge is 0.459 e. The summed E-state index contributed by atoms with van der Waals surface area (Å²) in [6, 6.07) is 32.9. The van der Waals surface area contributed by atoms with Crippen LogP contribution in [0.2, 0.25) is 0 Å². The zero-order chi connectivity index (χ0) is 30.9. The monoisotopic (exact) mass is 658 g/mol. The van der Waals surface area contributed by atoms with E-state index in [-0.39, 0.29) is 23.3 Å².